The molecule has 0 fully saturated rings. The monoisotopic (exact) mass is 414 g/mol. The number of aromatic nitrogens is 1. The van der Waals surface area contributed by atoms with Gasteiger partial charge < -0.3 is 20.9 Å². The van der Waals surface area contributed by atoms with Gasteiger partial charge in [-0.1, -0.05) is 57.7 Å². The number of H-pyrrole nitrogens is 1. The van der Waals surface area contributed by atoms with Crippen LogP contribution in [0, 0.1) is 0 Å². The Morgan fingerprint density at radius 1 is 1.03 bits per heavy atom. The van der Waals surface area contributed by atoms with Crippen molar-refractivity contribution in [3.05, 3.63) is 36.0 Å². The third-order valence-corrected chi connectivity index (χ3v) is 5.16. The third-order valence-electron chi connectivity index (χ3n) is 5.16. The molecular weight excluding hydrogens is 380 g/mol. The van der Waals surface area contributed by atoms with Crippen molar-refractivity contribution in [1.29, 1.82) is 0 Å². The molecule has 7 heteroatoms. The molecular formula is C23H34N4O3. The minimum absolute atomic E-state index is 0.219. The first-order chi connectivity index (χ1) is 14.5. The van der Waals surface area contributed by atoms with E-state index in [0.717, 1.165) is 49.4 Å². The summed E-state index contributed by atoms with van der Waals surface area (Å²) in [5.41, 5.74) is 6.57. The number of hydrogen-bond donors (Lipinski definition) is 3. The van der Waals surface area contributed by atoms with Crippen LogP contribution in [-0.2, 0) is 9.59 Å². The van der Waals surface area contributed by atoms with Crippen LogP contribution in [-0.4, -0.2) is 46.7 Å². The van der Waals surface area contributed by atoms with Crippen LogP contribution in [0.15, 0.2) is 30.3 Å². The molecule has 0 unspecified atom stereocenters. The molecule has 1 aromatic carbocycles. The minimum atomic E-state index is -0.968. The number of nitrogens with zero attached hydrogens (tertiary/aromatic N) is 1. The molecule has 0 saturated heterocycles. The van der Waals surface area contributed by atoms with E-state index in [0.29, 0.717) is 18.8 Å². The molecule has 1 aromatic heterocycles. The highest BCUT2D eigenvalue weighted by molar-refractivity contribution is 6.01. The zero-order valence-electron chi connectivity index (χ0n) is 18.1. The third kappa shape index (κ3) is 6.90. The molecule has 3 amide bonds. The number of amides is 3. The predicted molar refractivity (Wildman–Crippen MR) is 119 cm³/mol. The van der Waals surface area contributed by atoms with Gasteiger partial charge in [-0.25, -0.2) is 0 Å². The molecule has 0 radical (unpaired) electrons. The number of nitrogens with one attached hydrogen (secondary N) is 2. The Bertz CT molecular complexity index is 803. The Morgan fingerprint density at radius 2 is 1.67 bits per heavy atom. The summed E-state index contributed by atoms with van der Waals surface area (Å²) in [5.74, 6) is -1.29. The van der Waals surface area contributed by atoms with E-state index in [1.165, 1.54) is 0 Å². The minimum Gasteiger partial charge on any atom is -0.370 e. The Labute approximate surface area is 178 Å². The molecule has 2 aromatic rings. The van der Waals surface area contributed by atoms with Crippen LogP contribution >= 0.6 is 0 Å². The Morgan fingerprint density at radius 3 is 2.23 bits per heavy atom. The van der Waals surface area contributed by atoms with Gasteiger partial charge in [-0.15, -0.1) is 0 Å². The number of primary amides is 1. The Kier molecular flexibility index (Phi) is 9.38. The average molecular weight is 415 g/mol. The maximum atomic E-state index is 13.2. The van der Waals surface area contributed by atoms with Crippen LogP contribution in [0.2, 0.25) is 0 Å². The van der Waals surface area contributed by atoms with Crippen LogP contribution in [0.1, 0.15) is 69.3 Å². The SMILES string of the molecule is CCCCCN(CCCCC)C(=O)[C@@H](CC(N)=O)NC(=O)c1cc2ccccc2[nH]1. The van der Waals surface area contributed by atoms with Gasteiger partial charge in [0, 0.05) is 24.0 Å². The molecule has 1 heterocycles. The summed E-state index contributed by atoms with van der Waals surface area (Å²) in [6.07, 6.45) is 5.74. The predicted octanol–water partition coefficient (Wildman–Crippen LogP) is 3.35. The Hall–Kier alpha value is -2.83. The second kappa shape index (κ2) is 12.0. The molecule has 7 nitrogen and oxygen atoms in total. The molecule has 0 aliphatic heterocycles. The van der Waals surface area contributed by atoms with Crippen LogP contribution < -0.4 is 11.1 Å². The summed E-state index contributed by atoms with van der Waals surface area (Å²) in [6, 6.07) is 8.31. The second-order valence-corrected chi connectivity index (χ2v) is 7.71. The van der Waals surface area contributed by atoms with Gasteiger partial charge in [0.25, 0.3) is 5.91 Å². The number of rotatable bonds is 13. The standard InChI is InChI=1S/C23H34N4O3/c1-3-5-9-13-27(14-10-6-4-2)23(30)20(16-21(24)28)26-22(29)19-15-17-11-7-8-12-18(17)25-19/h7-8,11-12,15,20,25H,3-6,9-10,13-14,16H2,1-2H3,(H2,24,28)(H,26,29)/t20-/m1/s1. The molecule has 164 valence electrons. The van der Waals surface area contributed by atoms with Crippen molar-refractivity contribution in [2.75, 3.05) is 13.1 Å². The lowest BCUT2D eigenvalue weighted by Crippen LogP contribution is -2.50. The lowest BCUT2D eigenvalue weighted by Gasteiger charge is -2.27. The number of nitrogens with two attached hydrogens (primary N) is 1. The molecule has 0 spiro atoms. The number of unbranched alkanes of at least 4 members (excludes halogenated alkanes) is 4. The van der Waals surface area contributed by atoms with Crippen LogP contribution in [0.25, 0.3) is 10.9 Å². The second-order valence-electron chi connectivity index (χ2n) is 7.71. The van der Waals surface area contributed by atoms with E-state index in [9.17, 15) is 14.4 Å². The van der Waals surface area contributed by atoms with Gasteiger partial charge in [-0.05, 0) is 25.0 Å². The highest BCUT2D eigenvalue weighted by atomic mass is 16.2. The average Bonchev–Trinajstić information content (AvgIpc) is 3.16. The molecule has 1 atom stereocenters. The van der Waals surface area contributed by atoms with Crippen LogP contribution in [0.4, 0.5) is 0 Å². The number of benzene rings is 1. The van der Waals surface area contributed by atoms with Gasteiger partial charge in [-0.2, -0.15) is 0 Å². The number of hydrogen-bond acceptors (Lipinski definition) is 3. The van der Waals surface area contributed by atoms with E-state index < -0.39 is 17.9 Å². The molecule has 4 N–H and O–H groups in total. The number of fused-ring (bicyclic) bond motifs is 1. The van der Waals surface area contributed by atoms with Gasteiger partial charge >= 0.3 is 0 Å². The van der Waals surface area contributed by atoms with Crippen molar-refractivity contribution in [3.8, 4) is 0 Å². The number of carbonyl (C=O) groups is 3. The van der Waals surface area contributed by atoms with Gasteiger partial charge in [0.15, 0.2) is 0 Å². The number of aromatic amines is 1. The zero-order chi connectivity index (χ0) is 21.9. The lowest BCUT2D eigenvalue weighted by molar-refractivity contribution is -0.135. The highest BCUT2D eigenvalue weighted by Gasteiger charge is 2.28. The molecule has 30 heavy (non-hydrogen) atoms. The van der Waals surface area contributed by atoms with Crippen LogP contribution in [0.5, 0.6) is 0 Å². The largest absolute Gasteiger partial charge is 0.370 e. The van der Waals surface area contributed by atoms with Crippen molar-refractivity contribution in [1.82, 2.24) is 15.2 Å². The van der Waals surface area contributed by atoms with Gasteiger partial charge in [0.2, 0.25) is 11.8 Å². The summed E-state index contributed by atoms with van der Waals surface area (Å²) in [5, 5.41) is 3.63. The van der Waals surface area contributed by atoms with E-state index in [4.69, 9.17) is 5.73 Å². The Balaban J connectivity index is 2.14. The van der Waals surface area contributed by atoms with Crippen molar-refractivity contribution in [2.24, 2.45) is 5.73 Å². The topological polar surface area (TPSA) is 108 Å². The van der Waals surface area contributed by atoms with Gasteiger partial charge in [-0.3, -0.25) is 14.4 Å². The fourth-order valence-corrected chi connectivity index (χ4v) is 3.49. The van der Waals surface area contributed by atoms with Crippen molar-refractivity contribution < 1.29 is 14.4 Å². The summed E-state index contributed by atoms with van der Waals surface area (Å²) in [4.78, 5) is 42.4. The van der Waals surface area contributed by atoms with Crippen molar-refractivity contribution >= 4 is 28.6 Å². The van der Waals surface area contributed by atoms with E-state index >= 15 is 0 Å². The molecule has 0 aliphatic carbocycles. The summed E-state index contributed by atoms with van der Waals surface area (Å²) in [7, 11) is 0. The maximum Gasteiger partial charge on any atom is 0.268 e. The normalized spacial score (nSPS) is 11.9. The fourth-order valence-electron chi connectivity index (χ4n) is 3.49. The molecule has 0 saturated carbocycles. The lowest BCUT2D eigenvalue weighted by atomic mass is 10.1. The first-order valence-corrected chi connectivity index (χ1v) is 10.9. The summed E-state index contributed by atoms with van der Waals surface area (Å²) < 4.78 is 0. The molecule has 0 bridgehead atoms. The van der Waals surface area contributed by atoms with Crippen molar-refractivity contribution in [3.63, 3.8) is 0 Å². The first kappa shape index (κ1) is 23.4. The first-order valence-electron chi connectivity index (χ1n) is 10.9. The highest BCUT2D eigenvalue weighted by Crippen LogP contribution is 2.15. The quantitative estimate of drug-likeness (QED) is 0.437. The van der Waals surface area contributed by atoms with Gasteiger partial charge in [0.1, 0.15) is 11.7 Å². The summed E-state index contributed by atoms with van der Waals surface area (Å²) in [6.45, 7) is 5.46. The van der Waals surface area contributed by atoms with Crippen LogP contribution in [0.3, 0.4) is 0 Å². The zero-order valence-corrected chi connectivity index (χ0v) is 18.1. The molecule has 0 aliphatic rings. The molecule has 2 rings (SSSR count). The maximum absolute atomic E-state index is 13.2. The van der Waals surface area contributed by atoms with E-state index in [-0.39, 0.29) is 12.3 Å². The van der Waals surface area contributed by atoms with Gasteiger partial charge in [0.05, 0.1) is 6.42 Å². The number of carbonyl (C=O) groups excluding carboxylic acids is 3. The van der Waals surface area contributed by atoms with Crippen molar-refractivity contribution in [2.45, 2.75) is 64.8 Å². The smallest absolute Gasteiger partial charge is 0.268 e. The fraction of sp³-hybridized carbons (Fsp3) is 0.522. The van der Waals surface area contributed by atoms with E-state index in [1.807, 2.05) is 24.3 Å². The number of para-hydroxylation sites is 1. The summed E-state index contributed by atoms with van der Waals surface area (Å²) >= 11 is 0. The van der Waals surface area contributed by atoms with E-state index in [2.05, 4.69) is 24.1 Å². The van der Waals surface area contributed by atoms with E-state index in [1.54, 1.807) is 11.0 Å².